The number of carbonyl (C=O) groups excluding carboxylic acids is 1. The van der Waals surface area contributed by atoms with Crippen LogP contribution >= 0.6 is 11.3 Å². The van der Waals surface area contributed by atoms with Crippen molar-refractivity contribution in [2.75, 3.05) is 10.6 Å². The van der Waals surface area contributed by atoms with Gasteiger partial charge in [0.25, 0.3) is 5.91 Å². The fourth-order valence-electron chi connectivity index (χ4n) is 3.71. The van der Waals surface area contributed by atoms with Crippen LogP contribution in [-0.2, 0) is 0 Å². The maximum Gasteiger partial charge on any atom is 0.256 e. The molecule has 4 aromatic heterocycles. The highest BCUT2D eigenvalue weighted by Gasteiger charge is 2.13. The Kier molecular flexibility index (Phi) is 4.93. The number of thiophene rings is 1. The normalized spacial score (nSPS) is 11.1. The molecule has 0 saturated heterocycles. The topological polar surface area (TPSA) is 110 Å². The summed E-state index contributed by atoms with van der Waals surface area (Å²) in [6, 6.07) is 19.0. The van der Waals surface area contributed by atoms with Gasteiger partial charge in [0.05, 0.1) is 27.5 Å². The van der Waals surface area contributed by atoms with Crippen molar-refractivity contribution >= 4 is 55.6 Å². The second-order valence-corrected chi connectivity index (χ2v) is 8.57. The number of carbonyl (C=O) groups is 1. The molecule has 0 aliphatic heterocycles. The van der Waals surface area contributed by atoms with E-state index in [0.29, 0.717) is 17.1 Å². The van der Waals surface area contributed by atoms with E-state index in [1.807, 2.05) is 53.9 Å². The van der Waals surface area contributed by atoms with Crippen LogP contribution in [0.2, 0.25) is 0 Å². The zero-order valence-corrected chi connectivity index (χ0v) is 18.6. The lowest BCUT2D eigenvalue weighted by atomic mass is 10.1. The van der Waals surface area contributed by atoms with Crippen molar-refractivity contribution in [1.82, 2.24) is 20.2 Å². The number of aromatic nitrogens is 5. The van der Waals surface area contributed by atoms with Crippen molar-refractivity contribution in [3.63, 3.8) is 0 Å². The van der Waals surface area contributed by atoms with Crippen LogP contribution in [0.3, 0.4) is 0 Å². The van der Waals surface area contributed by atoms with Crippen LogP contribution in [0.1, 0.15) is 10.4 Å². The monoisotopic (exact) mass is 464 g/mol. The molecule has 8 nitrogen and oxygen atoms in total. The number of anilines is 3. The SMILES string of the molecule is O=C(Nc1cccc(-c2nc(Nc3ccc4[nH]ncc4c3)c3sccc3n2)c1)c1cc[nH+]cc1. The number of fused-ring (bicyclic) bond motifs is 2. The van der Waals surface area contributed by atoms with Gasteiger partial charge in [-0.15, -0.1) is 11.3 Å². The second kappa shape index (κ2) is 8.38. The van der Waals surface area contributed by atoms with Gasteiger partial charge in [-0.25, -0.2) is 15.0 Å². The Bertz CT molecular complexity index is 1640. The molecule has 34 heavy (non-hydrogen) atoms. The Labute approximate surface area is 197 Å². The smallest absolute Gasteiger partial charge is 0.256 e. The third-order valence-electron chi connectivity index (χ3n) is 5.37. The molecule has 0 saturated carbocycles. The molecule has 9 heteroatoms. The van der Waals surface area contributed by atoms with Crippen LogP contribution in [0.25, 0.3) is 32.5 Å². The number of H-pyrrole nitrogens is 2. The summed E-state index contributed by atoms with van der Waals surface area (Å²) in [5, 5.41) is 16.4. The molecule has 0 aliphatic carbocycles. The molecular formula is C25H18N7OS+. The Balaban J connectivity index is 1.34. The summed E-state index contributed by atoms with van der Waals surface area (Å²) in [7, 11) is 0. The number of benzene rings is 2. The van der Waals surface area contributed by atoms with E-state index in [1.165, 1.54) is 0 Å². The molecule has 164 valence electrons. The number of amides is 1. The molecular weight excluding hydrogens is 446 g/mol. The van der Waals surface area contributed by atoms with Gasteiger partial charge in [0.15, 0.2) is 24.0 Å². The largest absolute Gasteiger partial charge is 0.339 e. The van der Waals surface area contributed by atoms with Gasteiger partial charge in [-0.3, -0.25) is 9.89 Å². The first-order chi connectivity index (χ1) is 16.7. The summed E-state index contributed by atoms with van der Waals surface area (Å²) in [6.07, 6.45) is 5.22. The van der Waals surface area contributed by atoms with Crippen LogP contribution < -0.4 is 15.6 Å². The van der Waals surface area contributed by atoms with Gasteiger partial charge < -0.3 is 10.6 Å². The Hall–Kier alpha value is -4.63. The van der Waals surface area contributed by atoms with E-state index < -0.39 is 0 Å². The molecule has 0 spiro atoms. The van der Waals surface area contributed by atoms with Gasteiger partial charge >= 0.3 is 0 Å². The number of pyridine rings is 1. The van der Waals surface area contributed by atoms with E-state index >= 15 is 0 Å². The highest BCUT2D eigenvalue weighted by Crippen LogP contribution is 2.32. The van der Waals surface area contributed by atoms with Gasteiger partial charge in [0, 0.05) is 34.5 Å². The molecule has 6 rings (SSSR count). The number of rotatable bonds is 5. The number of hydrogen-bond acceptors (Lipinski definition) is 6. The third kappa shape index (κ3) is 3.84. The summed E-state index contributed by atoms with van der Waals surface area (Å²) in [5.74, 6) is 1.12. The summed E-state index contributed by atoms with van der Waals surface area (Å²) in [4.78, 5) is 25.1. The number of aromatic amines is 2. The average molecular weight is 465 g/mol. The van der Waals surface area contributed by atoms with Crippen LogP contribution in [0.4, 0.5) is 17.2 Å². The lowest BCUT2D eigenvalue weighted by Gasteiger charge is -2.10. The predicted octanol–water partition coefficient (Wildman–Crippen LogP) is 5.04. The quantitative estimate of drug-likeness (QED) is 0.331. The highest BCUT2D eigenvalue weighted by molar-refractivity contribution is 7.17. The standard InChI is InChI=1S/C25H17N7OS/c33-25(15-6-9-26-10-7-15)29-18-3-1-2-16(12-18)23-30-21-8-11-34-22(21)24(31-23)28-19-4-5-20-17(13-19)14-27-32-20/h1-14H,(H,27,32)(H,29,33)(H,28,30,31)/p+1. The van der Waals surface area contributed by atoms with Gasteiger partial charge in [0.2, 0.25) is 0 Å². The van der Waals surface area contributed by atoms with E-state index in [4.69, 9.17) is 9.97 Å². The van der Waals surface area contributed by atoms with Crippen molar-refractivity contribution in [1.29, 1.82) is 0 Å². The summed E-state index contributed by atoms with van der Waals surface area (Å²) in [6.45, 7) is 0. The van der Waals surface area contributed by atoms with Crippen molar-refractivity contribution in [2.24, 2.45) is 0 Å². The minimum absolute atomic E-state index is 0.183. The van der Waals surface area contributed by atoms with Gasteiger partial charge in [-0.1, -0.05) is 12.1 Å². The minimum atomic E-state index is -0.183. The lowest BCUT2D eigenvalue weighted by Crippen LogP contribution is -2.13. The van der Waals surface area contributed by atoms with Crippen molar-refractivity contribution in [3.05, 3.63) is 90.2 Å². The predicted molar refractivity (Wildman–Crippen MR) is 133 cm³/mol. The summed E-state index contributed by atoms with van der Waals surface area (Å²) >= 11 is 1.59. The van der Waals surface area contributed by atoms with Crippen LogP contribution in [0.15, 0.2) is 84.6 Å². The van der Waals surface area contributed by atoms with Gasteiger partial charge in [0.1, 0.15) is 0 Å². The molecule has 1 amide bonds. The maximum absolute atomic E-state index is 12.6. The zero-order valence-electron chi connectivity index (χ0n) is 17.7. The highest BCUT2D eigenvalue weighted by atomic mass is 32.1. The van der Waals surface area contributed by atoms with E-state index in [0.717, 1.165) is 38.2 Å². The fourth-order valence-corrected chi connectivity index (χ4v) is 4.49. The molecule has 0 aliphatic rings. The molecule has 0 fully saturated rings. The Morgan fingerprint density at radius 3 is 2.79 bits per heavy atom. The van der Waals surface area contributed by atoms with Crippen molar-refractivity contribution < 1.29 is 9.78 Å². The summed E-state index contributed by atoms with van der Waals surface area (Å²) in [5.41, 5.74) is 4.79. The average Bonchev–Trinajstić information content (AvgIpc) is 3.54. The molecule has 6 aromatic rings. The first-order valence-electron chi connectivity index (χ1n) is 10.6. The lowest BCUT2D eigenvalue weighted by molar-refractivity contribution is -0.378. The molecule has 0 bridgehead atoms. The van der Waals surface area contributed by atoms with E-state index in [1.54, 1.807) is 42.1 Å². The van der Waals surface area contributed by atoms with Crippen molar-refractivity contribution in [2.45, 2.75) is 0 Å². The summed E-state index contributed by atoms with van der Waals surface area (Å²) < 4.78 is 0.974. The maximum atomic E-state index is 12.6. The van der Waals surface area contributed by atoms with Crippen LogP contribution in [0, 0.1) is 0 Å². The van der Waals surface area contributed by atoms with Crippen LogP contribution in [0.5, 0.6) is 0 Å². The number of hydrogen-bond donors (Lipinski definition) is 3. The van der Waals surface area contributed by atoms with E-state index in [9.17, 15) is 4.79 Å². The van der Waals surface area contributed by atoms with Gasteiger partial charge in [-0.2, -0.15) is 5.10 Å². The molecule has 4 heterocycles. The molecule has 2 aromatic carbocycles. The van der Waals surface area contributed by atoms with E-state index in [2.05, 4.69) is 25.8 Å². The minimum Gasteiger partial charge on any atom is -0.339 e. The fraction of sp³-hybridized carbons (Fsp3) is 0. The molecule has 0 unspecified atom stereocenters. The second-order valence-electron chi connectivity index (χ2n) is 7.65. The zero-order chi connectivity index (χ0) is 22.9. The van der Waals surface area contributed by atoms with Crippen LogP contribution in [-0.4, -0.2) is 26.1 Å². The van der Waals surface area contributed by atoms with Gasteiger partial charge in [-0.05, 0) is 41.8 Å². The third-order valence-corrected chi connectivity index (χ3v) is 6.28. The number of nitrogens with one attached hydrogen (secondary N) is 4. The Morgan fingerprint density at radius 2 is 1.88 bits per heavy atom. The molecule has 0 atom stereocenters. The molecule has 0 radical (unpaired) electrons. The number of nitrogens with zero attached hydrogens (tertiary/aromatic N) is 3. The first kappa shape index (κ1) is 20.0. The van der Waals surface area contributed by atoms with E-state index in [-0.39, 0.29) is 5.91 Å². The molecule has 4 N–H and O–H groups in total. The Morgan fingerprint density at radius 1 is 0.971 bits per heavy atom. The first-order valence-corrected chi connectivity index (χ1v) is 11.4. The van der Waals surface area contributed by atoms with Crippen molar-refractivity contribution in [3.8, 4) is 11.4 Å².